The number of nitrogens with one attached hydrogen (secondary N) is 1. The molecule has 0 saturated carbocycles. The van der Waals surface area contributed by atoms with Gasteiger partial charge in [0, 0.05) is 23.5 Å². The fraction of sp³-hybridized carbons (Fsp3) is 0.429. The van der Waals surface area contributed by atoms with Gasteiger partial charge in [-0.05, 0) is 31.4 Å². The van der Waals surface area contributed by atoms with Gasteiger partial charge < -0.3 is 9.40 Å². The molecule has 3 rings (SSSR count). The number of allylic oxidation sites excluding steroid dienone is 2. The van der Waals surface area contributed by atoms with Crippen molar-refractivity contribution in [3.8, 4) is 5.82 Å². The van der Waals surface area contributed by atoms with Crippen LogP contribution in [-0.2, 0) is 12.8 Å². The van der Waals surface area contributed by atoms with Crippen LogP contribution in [0.15, 0.2) is 46.0 Å². The Morgan fingerprint density at radius 1 is 1.38 bits per heavy atom. The Morgan fingerprint density at radius 3 is 2.85 bits per heavy atom. The Bertz CT molecular complexity index is 902. The molecule has 138 valence electrons. The van der Waals surface area contributed by atoms with Crippen LogP contribution >= 0.6 is 0 Å². The van der Waals surface area contributed by atoms with Gasteiger partial charge in [0.05, 0.1) is 12.7 Å². The van der Waals surface area contributed by atoms with E-state index >= 15 is 0 Å². The zero-order valence-corrected chi connectivity index (χ0v) is 16.0. The van der Waals surface area contributed by atoms with Gasteiger partial charge in [-0.1, -0.05) is 39.3 Å². The first-order valence-electron chi connectivity index (χ1n) is 9.32. The highest BCUT2D eigenvalue weighted by Gasteiger charge is 2.23. The average Bonchev–Trinajstić information content (AvgIpc) is 3.24. The molecule has 1 aromatic rings. The predicted molar refractivity (Wildman–Crippen MR) is 103 cm³/mol. The van der Waals surface area contributed by atoms with Crippen LogP contribution in [0.4, 0.5) is 0 Å². The molecule has 1 N–H and O–H groups in total. The normalized spacial score (nSPS) is 14.3. The van der Waals surface area contributed by atoms with Crippen LogP contribution in [0.5, 0.6) is 0 Å². The van der Waals surface area contributed by atoms with E-state index in [4.69, 9.17) is 4.42 Å². The van der Waals surface area contributed by atoms with Gasteiger partial charge in [-0.3, -0.25) is 9.36 Å². The number of aromatic amines is 1. The lowest BCUT2D eigenvalue weighted by Crippen LogP contribution is -2.23. The Morgan fingerprint density at radius 2 is 2.19 bits per heavy atom. The van der Waals surface area contributed by atoms with Gasteiger partial charge >= 0.3 is 0 Å². The molecule has 0 aromatic carbocycles. The topological polar surface area (TPSA) is 63.8 Å². The lowest BCUT2D eigenvalue weighted by atomic mass is 9.96. The van der Waals surface area contributed by atoms with Crippen molar-refractivity contribution in [1.29, 1.82) is 0 Å². The molecule has 0 aliphatic carbocycles. The molecular weight excluding hydrogens is 326 g/mol. The third-order valence-corrected chi connectivity index (χ3v) is 4.96. The maximum Gasteiger partial charge on any atom is 0.278 e. The van der Waals surface area contributed by atoms with E-state index in [1.54, 1.807) is 10.8 Å². The van der Waals surface area contributed by atoms with Crippen molar-refractivity contribution < 1.29 is 4.42 Å². The number of fused-ring (bicyclic) bond motifs is 1. The van der Waals surface area contributed by atoms with Crippen LogP contribution in [0.2, 0.25) is 0 Å². The van der Waals surface area contributed by atoms with Crippen LogP contribution in [0, 0.1) is 5.92 Å². The smallest absolute Gasteiger partial charge is 0.278 e. The van der Waals surface area contributed by atoms with E-state index in [0.29, 0.717) is 23.9 Å². The van der Waals surface area contributed by atoms with E-state index in [-0.39, 0.29) is 11.5 Å². The molecule has 0 amide bonds. The highest BCUT2D eigenvalue weighted by Crippen LogP contribution is 2.25. The van der Waals surface area contributed by atoms with Crippen molar-refractivity contribution in [1.82, 2.24) is 14.5 Å². The minimum atomic E-state index is -0.0439. The van der Waals surface area contributed by atoms with Crippen LogP contribution in [0.1, 0.15) is 62.9 Å². The first-order chi connectivity index (χ1) is 12.5. The van der Waals surface area contributed by atoms with E-state index < -0.39 is 0 Å². The van der Waals surface area contributed by atoms with Crippen molar-refractivity contribution >= 4 is 0 Å². The van der Waals surface area contributed by atoms with Crippen LogP contribution in [0.25, 0.3) is 5.82 Å². The monoisotopic (exact) mass is 353 g/mol. The highest BCUT2D eigenvalue weighted by atomic mass is 16.3. The summed E-state index contributed by atoms with van der Waals surface area (Å²) in [5, 5.41) is 0. The summed E-state index contributed by atoms with van der Waals surface area (Å²) in [5.74, 6) is 2.12. The largest absolute Gasteiger partial charge is 0.469 e. The van der Waals surface area contributed by atoms with Gasteiger partial charge in [0.2, 0.25) is 0 Å². The number of aromatic nitrogens is 3. The fourth-order valence-corrected chi connectivity index (χ4v) is 3.32. The number of furan rings is 1. The second-order valence-electron chi connectivity index (χ2n) is 6.99. The van der Waals surface area contributed by atoms with E-state index in [1.165, 1.54) is 0 Å². The maximum atomic E-state index is 13.1. The van der Waals surface area contributed by atoms with E-state index in [2.05, 4.69) is 36.8 Å². The summed E-state index contributed by atoms with van der Waals surface area (Å²) in [6.07, 6.45) is 9.96. The molecule has 5 heteroatoms. The number of imidazole rings is 1. The van der Waals surface area contributed by atoms with Gasteiger partial charge in [0.15, 0.2) is 5.82 Å². The summed E-state index contributed by atoms with van der Waals surface area (Å²) in [7, 11) is 0. The Hall–Kier alpha value is -2.56. The first kappa shape index (κ1) is 18.2. The lowest BCUT2D eigenvalue weighted by molar-refractivity contribution is 0.519. The minimum Gasteiger partial charge on any atom is -0.469 e. The van der Waals surface area contributed by atoms with Crippen molar-refractivity contribution in [2.45, 2.75) is 52.9 Å². The molecule has 5 nitrogen and oxygen atoms in total. The first-order valence-corrected chi connectivity index (χ1v) is 9.32. The van der Waals surface area contributed by atoms with E-state index in [0.717, 1.165) is 30.0 Å². The fourth-order valence-electron chi connectivity index (χ4n) is 3.32. The molecule has 2 aliphatic heterocycles. The summed E-state index contributed by atoms with van der Waals surface area (Å²) in [6.45, 7) is 8.55. The molecule has 2 unspecified atom stereocenters. The molecule has 26 heavy (non-hydrogen) atoms. The molecule has 2 aliphatic rings. The Kier molecular flexibility index (Phi) is 5.45. The Balaban J connectivity index is 2.14. The molecule has 0 fully saturated rings. The highest BCUT2D eigenvalue weighted by molar-refractivity contribution is 5.35. The summed E-state index contributed by atoms with van der Waals surface area (Å²) in [4.78, 5) is 21.1. The minimum absolute atomic E-state index is 0.0439. The molecule has 0 bridgehead atoms. The van der Waals surface area contributed by atoms with E-state index in [1.807, 2.05) is 31.3 Å². The third kappa shape index (κ3) is 3.52. The molecule has 3 heterocycles. The van der Waals surface area contributed by atoms with Gasteiger partial charge in [0.1, 0.15) is 11.5 Å². The van der Waals surface area contributed by atoms with Gasteiger partial charge in [-0.2, -0.15) is 0 Å². The summed E-state index contributed by atoms with van der Waals surface area (Å²) >= 11 is 0. The quantitative estimate of drug-likeness (QED) is 0.638. The van der Waals surface area contributed by atoms with Crippen molar-refractivity contribution in [3.63, 3.8) is 0 Å². The van der Waals surface area contributed by atoms with Gasteiger partial charge in [-0.25, -0.2) is 4.98 Å². The molecule has 0 spiro atoms. The summed E-state index contributed by atoms with van der Waals surface area (Å²) in [6, 6.07) is 3.70. The van der Waals surface area contributed by atoms with Gasteiger partial charge in [-0.15, -0.1) is 0 Å². The van der Waals surface area contributed by atoms with Gasteiger partial charge in [0.25, 0.3) is 5.56 Å². The van der Waals surface area contributed by atoms with Crippen molar-refractivity contribution in [2.24, 2.45) is 5.92 Å². The molecule has 2 atom stereocenters. The SMILES string of the molecule is CC=CC(C)c1[nH]cc2nc(Cc3ccco3)c(=O)n-2c1CC(C)CC. The maximum absolute atomic E-state index is 13.1. The predicted octanol–water partition coefficient (Wildman–Crippen LogP) is 4.45. The number of hydrogen-bond acceptors (Lipinski definition) is 3. The van der Waals surface area contributed by atoms with E-state index in [9.17, 15) is 4.79 Å². The third-order valence-electron chi connectivity index (χ3n) is 4.96. The zero-order chi connectivity index (χ0) is 18.7. The number of H-pyrrole nitrogens is 1. The molecule has 1 aromatic heterocycles. The molecule has 0 saturated heterocycles. The second-order valence-corrected chi connectivity index (χ2v) is 6.99. The summed E-state index contributed by atoms with van der Waals surface area (Å²) < 4.78 is 7.18. The summed E-state index contributed by atoms with van der Waals surface area (Å²) in [5.41, 5.74) is 2.59. The zero-order valence-electron chi connectivity index (χ0n) is 16.0. The number of nitrogens with zero attached hydrogens (tertiary/aromatic N) is 2. The van der Waals surface area contributed by atoms with Crippen LogP contribution in [-0.4, -0.2) is 14.5 Å². The van der Waals surface area contributed by atoms with Crippen molar-refractivity contribution in [3.05, 3.63) is 69.9 Å². The lowest BCUT2D eigenvalue weighted by Gasteiger charge is -2.20. The number of hydrogen-bond donors (Lipinski definition) is 1. The molecular formula is C21H27N3O2. The average molecular weight is 353 g/mol. The second kappa shape index (κ2) is 7.77. The van der Waals surface area contributed by atoms with Crippen molar-refractivity contribution in [2.75, 3.05) is 0 Å². The molecule has 0 radical (unpaired) electrons. The Labute approximate surface area is 154 Å². The van der Waals surface area contributed by atoms with Crippen LogP contribution < -0.4 is 5.56 Å². The standard InChI is InChI=1S/C21H27N3O2/c1-5-8-15(4)20-18(11-14(3)6-2)24-19(13-22-20)23-17(21(24)25)12-16-9-7-10-26-16/h5,7-10,13-15,22H,6,11-12H2,1-4H3. The van der Waals surface area contributed by atoms with Crippen LogP contribution in [0.3, 0.4) is 0 Å². The number of rotatable bonds is 7.